The first-order valence-corrected chi connectivity index (χ1v) is 19.5. The number of hydrogen-bond donors (Lipinski definition) is 7. The number of aliphatic imine (C=N–C) groups is 1. The van der Waals surface area contributed by atoms with Gasteiger partial charge in [-0.2, -0.15) is 13.2 Å². The Morgan fingerprint density at radius 1 is 0.797 bits per heavy atom. The summed E-state index contributed by atoms with van der Waals surface area (Å²) in [6.45, 7) is -0.546. The summed E-state index contributed by atoms with van der Waals surface area (Å²) in [5, 5.41) is 14.6. The number of amides is 4. The molecule has 3 rings (SSSR count). The van der Waals surface area contributed by atoms with Gasteiger partial charge in [0.05, 0.1) is 18.8 Å². The fourth-order valence-electron chi connectivity index (χ4n) is 5.11. The van der Waals surface area contributed by atoms with Crippen LogP contribution in [0.4, 0.5) is 13.2 Å². The van der Waals surface area contributed by atoms with Gasteiger partial charge in [0.25, 0.3) is 5.91 Å². The van der Waals surface area contributed by atoms with E-state index in [-0.39, 0.29) is 37.5 Å². The Morgan fingerprint density at radius 2 is 1.32 bits per heavy atom. The van der Waals surface area contributed by atoms with E-state index in [0.29, 0.717) is 24.1 Å². The molecule has 0 bridgehead atoms. The molecule has 0 aliphatic heterocycles. The van der Waals surface area contributed by atoms with Crippen LogP contribution < -0.4 is 32.1 Å². The summed E-state index contributed by atoms with van der Waals surface area (Å²) in [6, 6.07) is 24.0. The average molecular weight is 849 g/mol. The molecule has 0 saturated carbocycles. The molecule has 0 radical (unpaired) electrons. The number of ketones is 1. The van der Waals surface area contributed by atoms with E-state index in [0.717, 1.165) is 10.5 Å². The summed E-state index contributed by atoms with van der Waals surface area (Å²) < 4.78 is 60.2. The van der Waals surface area contributed by atoms with Crippen molar-refractivity contribution in [3.8, 4) is 0 Å². The molecule has 4 amide bonds. The summed E-state index contributed by atoms with van der Waals surface area (Å²) in [6.07, 6.45) is -4.28. The molecular formula is C38H47F3N8O9S. The van der Waals surface area contributed by atoms with Crippen LogP contribution in [0.1, 0.15) is 29.5 Å². The number of Topliss-reactive ketones (excluding diaryl/α,β-unsaturated/α-hetero) is 1. The Balaban J connectivity index is 0.00000157. The van der Waals surface area contributed by atoms with Crippen LogP contribution in [-0.2, 0) is 57.4 Å². The smallest absolute Gasteiger partial charge is 0.475 e. The maximum atomic E-state index is 13.5. The lowest BCUT2D eigenvalue weighted by atomic mass is 10.0. The van der Waals surface area contributed by atoms with E-state index >= 15 is 0 Å². The number of nitrogens with one attached hydrogen (secondary N) is 4. The van der Waals surface area contributed by atoms with Crippen molar-refractivity contribution in [1.29, 1.82) is 0 Å². The Morgan fingerprint density at radius 3 is 1.85 bits per heavy atom. The molecule has 0 aromatic heterocycles. The molecule has 3 aromatic rings. The molecule has 9 N–H and O–H groups in total. The van der Waals surface area contributed by atoms with Gasteiger partial charge in [-0.15, -0.1) is 0 Å². The monoisotopic (exact) mass is 848 g/mol. The van der Waals surface area contributed by atoms with Crippen molar-refractivity contribution in [3.05, 3.63) is 108 Å². The number of sulfonamides is 1. The summed E-state index contributed by atoms with van der Waals surface area (Å²) in [5.41, 5.74) is 12.9. The molecule has 3 aromatic carbocycles. The summed E-state index contributed by atoms with van der Waals surface area (Å²) in [4.78, 5) is 79.0. The quantitative estimate of drug-likeness (QED) is 0.0334. The predicted octanol–water partition coefficient (Wildman–Crippen LogP) is 0.392. The molecule has 0 saturated heterocycles. The summed E-state index contributed by atoms with van der Waals surface area (Å²) in [7, 11) is -2.69. The third-order valence-corrected chi connectivity index (χ3v) is 9.27. The number of benzene rings is 3. The van der Waals surface area contributed by atoms with E-state index in [2.05, 4.69) is 25.7 Å². The van der Waals surface area contributed by atoms with Crippen LogP contribution in [0.2, 0.25) is 0 Å². The zero-order valence-corrected chi connectivity index (χ0v) is 32.8. The number of carboxylic acid groups (broad SMARTS) is 1. The molecule has 320 valence electrons. The van der Waals surface area contributed by atoms with Gasteiger partial charge >= 0.3 is 12.1 Å². The van der Waals surface area contributed by atoms with E-state index in [1.807, 2.05) is 30.3 Å². The van der Waals surface area contributed by atoms with Crippen molar-refractivity contribution in [2.75, 3.05) is 33.2 Å². The molecule has 59 heavy (non-hydrogen) atoms. The fraction of sp³-hybridized carbons (Fsp3) is 0.342. The first-order valence-electron chi connectivity index (χ1n) is 17.9. The lowest BCUT2D eigenvalue weighted by molar-refractivity contribution is -0.192. The molecule has 0 spiro atoms. The zero-order chi connectivity index (χ0) is 44.0. The zero-order valence-electron chi connectivity index (χ0n) is 32.0. The van der Waals surface area contributed by atoms with Crippen molar-refractivity contribution in [3.63, 3.8) is 0 Å². The minimum absolute atomic E-state index is 0.0186. The Bertz CT molecular complexity index is 1990. The van der Waals surface area contributed by atoms with Crippen LogP contribution in [0.25, 0.3) is 0 Å². The van der Waals surface area contributed by atoms with Gasteiger partial charge in [0.2, 0.25) is 33.5 Å². The first-order chi connectivity index (χ1) is 27.8. The fourth-order valence-corrected chi connectivity index (χ4v) is 6.47. The number of carbonyl (C=O) groups is 6. The van der Waals surface area contributed by atoms with Crippen LogP contribution in [-0.4, -0.2) is 111 Å². The Hall–Kier alpha value is -6.35. The number of alkyl halides is 3. The molecule has 0 unspecified atom stereocenters. The number of rotatable bonds is 21. The predicted molar refractivity (Wildman–Crippen MR) is 210 cm³/mol. The second kappa shape index (κ2) is 24.4. The lowest BCUT2D eigenvalue weighted by Gasteiger charge is -2.25. The summed E-state index contributed by atoms with van der Waals surface area (Å²) in [5.74, 6) is -7.33. The second-order valence-electron chi connectivity index (χ2n) is 12.8. The minimum atomic E-state index is -5.08. The van der Waals surface area contributed by atoms with E-state index in [1.54, 1.807) is 60.7 Å². The van der Waals surface area contributed by atoms with Crippen molar-refractivity contribution in [2.45, 2.75) is 49.7 Å². The highest BCUT2D eigenvalue weighted by Crippen LogP contribution is 2.13. The maximum absolute atomic E-state index is 13.5. The Labute approximate surface area is 338 Å². The van der Waals surface area contributed by atoms with Crippen LogP contribution in [0.15, 0.2) is 96.0 Å². The largest absolute Gasteiger partial charge is 0.490 e. The SMILES string of the molecule is CN(CC(=O)N[C@@H](Cc1ccccc1)C(=O)C(=O)NCC(=O)NCCc1ccccc1)C(=O)[C@@H](CCCN=C(N)N)NS(=O)(=O)Cc1ccccc1.O=C(O)C(F)(F)F. The highest BCUT2D eigenvalue weighted by atomic mass is 32.2. The van der Waals surface area contributed by atoms with Gasteiger partial charge < -0.3 is 37.4 Å². The van der Waals surface area contributed by atoms with Gasteiger partial charge in [-0.1, -0.05) is 91.0 Å². The van der Waals surface area contributed by atoms with E-state index in [9.17, 15) is 45.6 Å². The normalized spacial score (nSPS) is 12.0. The number of hydrogen-bond acceptors (Lipinski definition) is 9. The van der Waals surface area contributed by atoms with E-state index < -0.39 is 76.8 Å². The van der Waals surface area contributed by atoms with E-state index in [4.69, 9.17) is 21.4 Å². The highest BCUT2D eigenvalue weighted by Gasteiger charge is 2.38. The molecule has 21 heteroatoms. The van der Waals surface area contributed by atoms with Gasteiger partial charge in [-0.05, 0) is 36.0 Å². The molecule has 17 nitrogen and oxygen atoms in total. The van der Waals surface area contributed by atoms with Gasteiger partial charge in [-0.25, -0.2) is 17.9 Å². The van der Waals surface area contributed by atoms with Crippen LogP contribution in [0.3, 0.4) is 0 Å². The molecular weight excluding hydrogens is 802 g/mol. The Kier molecular flexibility index (Phi) is 20.2. The van der Waals surface area contributed by atoms with Gasteiger partial charge in [0.15, 0.2) is 5.96 Å². The number of halogens is 3. The van der Waals surface area contributed by atoms with Crippen LogP contribution in [0, 0.1) is 0 Å². The molecule has 0 aliphatic carbocycles. The number of carboxylic acids is 1. The first kappa shape index (κ1) is 48.8. The standard InChI is InChI=1S/C36H46N8O7S.C2HF3O2/c1-44(35(49)29(18-11-20-40-36(37)38)43-52(50,51)25-28-16-9-4-10-17-28)24-32(46)42-30(22-27-14-7-3-8-15-27)33(47)34(48)41-23-31(45)39-21-19-26-12-5-2-6-13-26;3-2(4,5)1(6)7/h2-10,12-17,29-30,43H,11,18-25H2,1H3,(H,39,45)(H,41,48)(H,42,46)(H4,37,38,40);(H,6,7)/t29-,30+;/m1./s1. The molecule has 0 heterocycles. The number of likely N-dealkylation sites (N-methyl/N-ethyl adjacent to an activating group) is 1. The van der Waals surface area contributed by atoms with Crippen LogP contribution >= 0.6 is 0 Å². The maximum Gasteiger partial charge on any atom is 0.490 e. The average Bonchev–Trinajstić information content (AvgIpc) is 3.18. The van der Waals surface area contributed by atoms with Crippen molar-refractivity contribution >= 4 is 51.4 Å². The number of aliphatic carboxylic acids is 1. The van der Waals surface area contributed by atoms with E-state index in [1.165, 1.54) is 7.05 Å². The topological polar surface area (TPSA) is 273 Å². The molecule has 0 fully saturated rings. The third-order valence-electron chi connectivity index (χ3n) is 7.91. The van der Waals surface area contributed by atoms with Crippen molar-refractivity contribution < 1.29 is 55.5 Å². The number of nitrogens with zero attached hydrogens (tertiary/aromatic N) is 2. The highest BCUT2D eigenvalue weighted by molar-refractivity contribution is 7.88. The number of guanidine groups is 1. The third kappa shape index (κ3) is 20.1. The number of nitrogens with two attached hydrogens (primary N) is 2. The van der Waals surface area contributed by atoms with Gasteiger partial charge in [0.1, 0.15) is 12.1 Å². The molecule has 2 atom stereocenters. The lowest BCUT2D eigenvalue weighted by Crippen LogP contribution is -2.53. The van der Waals surface area contributed by atoms with Gasteiger partial charge in [0, 0.05) is 26.6 Å². The molecule has 0 aliphatic rings. The minimum Gasteiger partial charge on any atom is -0.475 e. The second-order valence-corrected chi connectivity index (χ2v) is 14.6. The van der Waals surface area contributed by atoms with Crippen molar-refractivity contribution in [1.82, 2.24) is 25.6 Å². The van der Waals surface area contributed by atoms with Gasteiger partial charge in [-0.3, -0.25) is 29.0 Å². The van der Waals surface area contributed by atoms with Crippen LogP contribution in [0.5, 0.6) is 0 Å². The summed E-state index contributed by atoms with van der Waals surface area (Å²) >= 11 is 0. The number of carbonyl (C=O) groups excluding carboxylic acids is 5. The van der Waals surface area contributed by atoms with Crippen molar-refractivity contribution in [2.24, 2.45) is 16.5 Å².